The number of thioether (sulfide) groups is 1. The molecule has 7 aromatic rings. The molecule has 6 heterocycles. The van der Waals surface area contributed by atoms with Gasteiger partial charge in [0.25, 0.3) is 0 Å². The number of pyridine rings is 2. The first-order valence-corrected chi connectivity index (χ1v) is 40.5. The molecule has 16 aliphatic carbocycles. The van der Waals surface area contributed by atoms with Crippen LogP contribution in [0.2, 0.25) is 0 Å². The van der Waals surface area contributed by atoms with Crippen molar-refractivity contribution in [2.24, 2.45) is 76.0 Å². The molecule has 0 saturated heterocycles. The first-order chi connectivity index (χ1) is 45.5. The zero-order chi connectivity index (χ0) is 62.1. The van der Waals surface area contributed by atoms with Crippen LogP contribution in [0.25, 0.3) is 32.1 Å². The molecule has 1 aliphatic heterocycles. The van der Waals surface area contributed by atoms with Crippen LogP contribution in [-0.2, 0) is 26.1 Å². The highest BCUT2D eigenvalue weighted by Gasteiger charge is 2.54. The van der Waals surface area contributed by atoms with Crippen molar-refractivity contribution in [1.29, 1.82) is 0 Å². The first-order valence-electron chi connectivity index (χ1n) is 36.7. The number of aryl methyl sites for hydroxylation is 1. The van der Waals surface area contributed by atoms with E-state index in [1.165, 1.54) is 224 Å². The van der Waals surface area contributed by atoms with Crippen molar-refractivity contribution in [2.75, 3.05) is 12.8 Å². The highest BCUT2D eigenvalue weighted by molar-refractivity contribution is 7.98. The Labute approximate surface area is 571 Å². The van der Waals surface area contributed by atoms with Crippen LogP contribution in [0.5, 0.6) is 0 Å². The lowest BCUT2D eigenvalue weighted by Crippen LogP contribution is -2.59. The van der Waals surface area contributed by atoms with Gasteiger partial charge in [0, 0.05) is 100.0 Å². The summed E-state index contributed by atoms with van der Waals surface area (Å²) < 4.78 is 0. The largest absolute Gasteiger partial charge is 0.307 e. The van der Waals surface area contributed by atoms with Crippen LogP contribution >= 0.6 is 45.8 Å². The van der Waals surface area contributed by atoms with Gasteiger partial charge in [0.15, 0.2) is 0 Å². The van der Waals surface area contributed by atoms with E-state index in [2.05, 4.69) is 154 Å². The molecule has 93 heavy (non-hydrogen) atoms. The second kappa shape index (κ2) is 26.1. The average Bonchev–Trinajstić information content (AvgIpc) is 1.12. The summed E-state index contributed by atoms with van der Waals surface area (Å²) in [7, 11) is 0. The smallest absolute Gasteiger partial charge is 0.107 e. The standard InChI is InChI=1S/C23H28N2.C21H26N2S2.C20H24N2S.C17H22N2S/c1-16-4-2-3-5-22(16)20-6-7-21(24-14-20)15-25-23-11-17-8-18(12-23)10-19(9-17)13-23;1-24-18-5-3-2-4-17(18)19-12-22-20(25-19)13-23-21-9-14-6-15(10-21)8-16(7-14)11-21;1-2-19(23-5-1)18-4-3-14(12-21-18)13-22-20-9-15-6-16(10-20)8-17(7-15)11-20;1-2-20-16-6-14(19-15(1)16)10-18-17-7-11-3-12(8-17)5-13(4-11)9-17/h2-7,14,17-19,25H,8-13,15H2,1H3;2-5,12,14-16,23H,6-11,13H2,1H3;1-5,12,15-17,22H,6-11,13H2;1-2,11-13,18H,3-10H2. The van der Waals surface area contributed by atoms with Crippen LogP contribution in [0.15, 0.2) is 130 Å². The Hall–Kier alpha value is -4.37. The number of benzene rings is 2. The van der Waals surface area contributed by atoms with E-state index in [9.17, 15) is 0 Å². The summed E-state index contributed by atoms with van der Waals surface area (Å²) in [6, 6.07) is 32.4. The molecule has 0 radical (unpaired) electrons. The molecule has 5 aromatic heterocycles. The molecule has 0 spiro atoms. The van der Waals surface area contributed by atoms with Crippen molar-refractivity contribution < 1.29 is 0 Å². The molecule has 0 unspecified atom stereocenters. The molecule has 12 heteroatoms. The average molecular weight is 1310 g/mol. The van der Waals surface area contributed by atoms with Crippen molar-refractivity contribution in [3.8, 4) is 32.1 Å². The molecule has 4 N–H and O–H groups in total. The van der Waals surface area contributed by atoms with Crippen LogP contribution in [0, 0.1) is 77.9 Å². The predicted octanol–water partition coefficient (Wildman–Crippen LogP) is 19.5. The molecule has 0 atom stereocenters. The third kappa shape index (κ3) is 13.6. The Morgan fingerprint density at radius 2 is 0.957 bits per heavy atom. The molecule has 24 rings (SSSR count). The van der Waals surface area contributed by atoms with E-state index in [-0.39, 0.29) is 0 Å². The van der Waals surface area contributed by atoms with Gasteiger partial charge < -0.3 is 21.3 Å². The maximum Gasteiger partial charge on any atom is 0.107 e. The van der Waals surface area contributed by atoms with Gasteiger partial charge in [-0.2, -0.15) is 0 Å². The number of rotatable bonds is 16. The zero-order valence-corrected chi connectivity index (χ0v) is 58.7. The highest BCUT2D eigenvalue weighted by atomic mass is 32.2. The van der Waals surface area contributed by atoms with Crippen molar-refractivity contribution in [1.82, 2.24) is 36.2 Å². The van der Waals surface area contributed by atoms with Gasteiger partial charge in [-0.05, 0) is 296 Å². The third-order valence-electron chi connectivity index (χ3n) is 25.9. The van der Waals surface area contributed by atoms with Crippen LogP contribution in [0.3, 0.4) is 0 Å². The summed E-state index contributed by atoms with van der Waals surface area (Å²) in [5, 5.41) is 21.4. The first kappa shape index (κ1) is 62.2. The number of nitrogens with zero attached hydrogens (tertiary/aromatic N) is 4. The Morgan fingerprint density at radius 3 is 1.44 bits per heavy atom. The molecule has 2 aromatic carbocycles. The predicted molar refractivity (Wildman–Crippen MR) is 389 cm³/mol. The quantitative estimate of drug-likeness (QED) is 0.0711. The van der Waals surface area contributed by atoms with Crippen LogP contribution in [-0.4, -0.2) is 55.6 Å². The molecular formula is C81H100N8S4. The van der Waals surface area contributed by atoms with E-state index < -0.39 is 0 Å². The zero-order valence-electron chi connectivity index (χ0n) is 55.4. The number of hydrogen-bond acceptors (Lipinski definition) is 12. The molecular weight excluding hydrogens is 1210 g/mol. The lowest BCUT2D eigenvalue weighted by molar-refractivity contribution is -0.0208. The monoisotopic (exact) mass is 1310 g/mol. The van der Waals surface area contributed by atoms with Gasteiger partial charge >= 0.3 is 0 Å². The SMILES string of the molecule is CSc1ccccc1-c1cnc(CNC23CC4CC(CC(C4)C2)C3)s1.Cc1ccccc1-c1ccc(CNC23CC4CC(CC(C4)C2)C3)nc1.c1cc2c(s1)CC(CNC13CC4CC(CC(C4)C1)C3)=N2.c1csc(-c2ccc(CNC34CC5CC(CC(C5)C3)C4)cn2)c1. The summed E-state index contributed by atoms with van der Waals surface area (Å²) in [6.45, 7) is 6.02. The van der Waals surface area contributed by atoms with Crippen molar-refractivity contribution >= 4 is 57.2 Å². The lowest BCUT2D eigenvalue weighted by atomic mass is 9.53. The second-order valence-corrected chi connectivity index (χ2v) is 36.9. The Balaban J connectivity index is 0.0000000949. The number of thiophene rings is 2. The maximum atomic E-state index is 4.79. The van der Waals surface area contributed by atoms with E-state index in [0.29, 0.717) is 22.2 Å². The summed E-state index contributed by atoms with van der Waals surface area (Å²) in [5.74, 6) is 12.1. The van der Waals surface area contributed by atoms with E-state index in [1.54, 1.807) is 11.3 Å². The normalized spacial score (nSPS) is 35.2. The minimum absolute atomic E-state index is 0.422. The van der Waals surface area contributed by atoms with Crippen LogP contribution in [0.1, 0.15) is 181 Å². The van der Waals surface area contributed by atoms with Crippen LogP contribution in [0.4, 0.5) is 5.69 Å². The lowest BCUT2D eigenvalue weighted by Gasteiger charge is -2.57. The minimum Gasteiger partial charge on any atom is -0.307 e. The molecule has 16 saturated carbocycles. The number of fused-ring (bicyclic) bond motifs is 1. The van der Waals surface area contributed by atoms with Gasteiger partial charge in [-0.25, -0.2) is 4.98 Å². The van der Waals surface area contributed by atoms with Gasteiger partial charge in [0.2, 0.25) is 0 Å². The maximum absolute atomic E-state index is 4.79. The van der Waals surface area contributed by atoms with E-state index in [1.807, 2.05) is 40.6 Å². The van der Waals surface area contributed by atoms with Gasteiger partial charge in [-0.15, -0.1) is 45.8 Å². The molecule has 0 amide bonds. The van der Waals surface area contributed by atoms with Crippen molar-refractivity contribution in [2.45, 2.75) is 214 Å². The number of thiazole rings is 1. The topological polar surface area (TPSA) is 99.2 Å². The Morgan fingerprint density at radius 1 is 0.441 bits per heavy atom. The minimum atomic E-state index is 0.422. The number of hydrogen-bond donors (Lipinski definition) is 4. The highest BCUT2D eigenvalue weighted by Crippen LogP contribution is 2.59. The van der Waals surface area contributed by atoms with Gasteiger partial charge in [0.05, 0.1) is 26.8 Å². The molecule has 17 aliphatic rings. The van der Waals surface area contributed by atoms with Gasteiger partial charge in [-0.3, -0.25) is 15.0 Å². The summed E-state index contributed by atoms with van der Waals surface area (Å²) in [4.78, 5) is 24.3. The number of aliphatic imine (C=N–C) groups is 1. The van der Waals surface area contributed by atoms with E-state index in [4.69, 9.17) is 15.0 Å². The fourth-order valence-electron chi connectivity index (χ4n) is 23.5. The fourth-order valence-corrected chi connectivity index (χ4v) is 26.7. The third-order valence-corrected chi connectivity index (χ3v) is 29.5. The molecule has 16 bridgehead atoms. The summed E-state index contributed by atoms with van der Waals surface area (Å²) in [6.07, 6.45) is 44.6. The Kier molecular flexibility index (Phi) is 17.5. The number of nitrogens with one attached hydrogen (secondary N) is 4. The summed E-state index contributed by atoms with van der Waals surface area (Å²) >= 11 is 7.29. The van der Waals surface area contributed by atoms with Crippen LogP contribution < -0.4 is 21.3 Å². The van der Waals surface area contributed by atoms with Gasteiger partial charge in [0.1, 0.15) is 5.01 Å². The second-order valence-electron chi connectivity index (χ2n) is 33.0. The molecule has 488 valence electrons. The van der Waals surface area contributed by atoms with Gasteiger partial charge in [-0.1, -0.05) is 60.7 Å². The van der Waals surface area contributed by atoms with E-state index >= 15 is 0 Å². The van der Waals surface area contributed by atoms with Crippen molar-refractivity contribution in [3.05, 3.63) is 147 Å². The molecule has 16 fully saturated rings. The Bertz CT molecular complexity index is 3610. The molecule has 8 nitrogen and oxygen atoms in total. The number of aromatic nitrogens is 3. The fraction of sp³-hybridized carbons (Fsp3) is 0.580. The van der Waals surface area contributed by atoms with E-state index in [0.717, 1.165) is 109 Å². The summed E-state index contributed by atoms with van der Waals surface area (Å²) in [5.41, 5.74) is 13.1. The van der Waals surface area contributed by atoms with Crippen molar-refractivity contribution in [3.63, 3.8) is 0 Å².